The van der Waals surface area contributed by atoms with Gasteiger partial charge in [-0.05, 0) is 25.0 Å². The number of nitro benzene ring substituents is 1. The fourth-order valence-electron chi connectivity index (χ4n) is 3.98. The molecule has 2 amide bonds. The Bertz CT molecular complexity index is 830. The third kappa shape index (κ3) is 4.65. The Hall–Kier alpha value is -2.85. The summed E-state index contributed by atoms with van der Waals surface area (Å²) in [6.07, 6.45) is -3.73. The number of nitro groups is 1. The number of amides is 2. The second kappa shape index (κ2) is 8.49. The quantitative estimate of drug-likeness (QED) is 0.546. The predicted octanol–water partition coefficient (Wildman–Crippen LogP) is 2.52. The number of hydrogen-bond donors (Lipinski definition) is 0. The van der Waals surface area contributed by atoms with Crippen LogP contribution in [-0.4, -0.2) is 65.8 Å². The molecule has 30 heavy (non-hydrogen) atoms. The summed E-state index contributed by atoms with van der Waals surface area (Å²) in [5, 5.41) is 11.3. The molecule has 0 N–H and O–H groups in total. The molecule has 0 bridgehead atoms. The van der Waals surface area contributed by atoms with Gasteiger partial charge < -0.3 is 14.7 Å². The van der Waals surface area contributed by atoms with Crippen LogP contribution in [0, 0.1) is 16.0 Å². The van der Waals surface area contributed by atoms with Crippen LogP contribution in [0.25, 0.3) is 0 Å². The lowest BCUT2D eigenvalue weighted by Crippen LogP contribution is -2.52. The van der Waals surface area contributed by atoms with E-state index in [0.717, 1.165) is 12.1 Å². The molecule has 1 aromatic carbocycles. The van der Waals surface area contributed by atoms with Gasteiger partial charge >= 0.3 is 6.18 Å². The lowest BCUT2D eigenvalue weighted by molar-refractivity contribution is -0.384. The Morgan fingerprint density at radius 2 is 1.60 bits per heavy atom. The Kier molecular flexibility index (Phi) is 6.18. The Balaban J connectivity index is 1.64. The minimum absolute atomic E-state index is 0.000212. The van der Waals surface area contributed by atoms with Gasteiger partial charge in [-0.25, -0.2) is 0 Å². The summed E-state index contributed by atoms with van der Waals surface area (Å²) in [7, 11) is 0. The van der Waals surface area contributed by atoms with Crippen molar-refractivity contribution in [3.63, 3.8) is 0 Å². The smallest absolute Gasteiger partial charge is 0.366 e. The SMILES string of the molecule is CC(=O)N1CCN(C(=O)C2CCN(c3ccc(C(F)(F)F)cc3[N+](=O)[O-])CC2)CC1. The van der Waals surface area contributed by atoms with E-state index in [0.29, 0.717) is 58.2 Å². The summed E-state index contributed by atoms with van der Waals surface area (Å²) in [6.45, 7) is 4.13. The fourth-order valence-corrected chi connectivity index (χ4v) is 3.98. The first-order valence-corrected chi connectivity index (χ1v) is 9.73. The van der Waals surface area contributed by atoms with Crippen molar-refractivity contribution in [3.05, 3.63) is 33.9 Å². The molecule has 0 atom stereocenters. The number of benzene rings is 1. The molecule has 0 spiro atoms. The summed E-state index contributed by atoms with van der Waals surface area (Å²) in [5.74, 6) is -0.257. The number of carbonyl (C=O) groups is 2. The number of rotatable bonds is 3. The normalized spacial score (nSPS) is 18.5. The largest absolute Gasteiger partial charge is 0.416 e. The highest BCUT2D eigenvalue weighted by molar-refractivity contribution is 5.80. The van der Waals surface area contributed by atoms with Crippen molar-refractivity contribution in [3.8, 4) is 0 Å². The number of nitrogens with zero attached hydrogens (tertiary/aromatic N) is 4. The highest BCUT2D eigenvalue weighted by atomic mass is 19.4. The van der Waals surface area contributed by atoms with Crippen molar-refractivity contribution in [2.75, 3.05) is 44.2 Å². The van der Waals surface area contributed by atoms with Gasteiger partial charge in [0, 0.05) is 58.2 Å². The van der Waals surface area contributed by atoms with Gasteiger partial charge in [0.2, 0.25) is 11.8 Å². The number of anilines is 1. The first-order valence-electron chi connectivity index (χ1n) is 9.73. The van der Waals surface area contributed by atoms with Gasteiger partial charge in [0.1, 0.15) is 5.69 Å². The van der Waals surface area contributed by atoms with Crippen molar-refractivity contribution in [1.82, 2.24) is 9.80 Å². The molecule has 11 heteroatoms. The molecule has 3 rings (SSSR count). The molecule has 0 radical (unpaired) electrons. The summed E-state index contributed by atoms with van der Waals surface area (Å²) in [5.41, 5.74) is -1.52. The van der Waals surface area contributed by atoms with Crippen LogP contribution in [0.3, 0.4) is 0 Å². The molecule has 0 saturated carbocycles. The summed E-state index contributed by atoms with van der Waals surface area (Å²) in [4.78, 5) is 39.8. The predicted molar refractivity (Wildman–Crippen MR) is 102 cm³/mol. The average molecular weight is 428 g/mol. The molecule has 0 unspecified atom stereocenters. The van der Waals surface area contributed by atoms with Gasteiger partial charge in [-0.15, -0.1) is 0 Å². The van der Waals surface area contributed by atoms with Crippen LogP contribution in [0.4, 0.5) is 24.5 Å². The van der Waals surface area contributed by atoms with Crippen LogP contribution >= 0.6 is 0 Å². The third-order valence-electron chi connectivity index (χ3n) is 5.72. The minimum atomic E-state index is -4.66. The zero-order valence-corrected chi connectivity index (χ0v) is 16.5. The minimum Gasteiger partial charge on any atom is -0.366 e. The Labute approximate surface area is 171 Å². The molecule has 2 heterocycles. The van der Waals surface area contributed by atoms with Crippen LogP contribution < -0.4 is 4.90 Å². The van der Waals surface area contributed by atoms with Crippen molar-refractivity contribution in [2.24, 2.45) is 5.92 Å². The first kappa shape index (κ1) is 21.8. The van der Waals surface area contributed by atoms with Gasteiger partial charge in [-0.1, -0.05) is 0 Å². The molecule has 0 aliphatic carbocycles. The number of piperazine rings is 1. The van der Waals surface area contributed by atoms with Gasteiger partial charge in [0.25, 0.3) is 5.69 Å². The van der Waals surface area contributed by atoms with Crippen molar-refractivity contribution >= 4 is 23.2 Å². The van der Waals surface area contributed by atoms with E-state index in [4.69, 9.17) is 0 Å². The van der Waals surface area contributed by atoms with E-state index in [2.05, 4.69) is 0 Å². The van der Waals surface area contributed by atoms with E-state index >= 15 is 0 Å². The van der Waals surface area contributed by atoms with E-state index in [-0.39, 0.29) is 23.4 Å². The highest BCUT2D eigenvalue weighted by Gasteiger charge is 2.35. The van der Waals surface area contributed by atoms with Crippen molar-refractivity contribution < 1.29 is 27.7 Å². The van der Waals surface area contributed by atoms with Crippen LogP contribution in [0.2, 0.25) is 0 Å². The van der Waals surface area contributed by atoms with Gasteiger partial charge in [-0.2, -0.15) is 13.2 Å². The lowest BCUT2D eigenvalue weighted by Gasteiger charge is -2.38. The molecule has 8 nitrogen and oxygen atoms in total. The summed E-state index contributed by atoms with van der Waals surface area (Å²) < 4.78 is 38.7. The van der Waals surface area contributed by atoms with Crippen LogP contribution in [-0.2, 0) is 15.8 Å². The number of piperidine rings is 1. The molecule has 164 valence electrons. The third-order valence-corrected chi connectivity index (χ3v) is 5.72. The zero-order valence-electron chi connectivity index (χ0n) is 16.5. The standard InChI is InChI=1S/C19H23F3N4O4/c1-13(27)23-8-10-25(11-9-23)18(28)14-4-6-24(7-5-14)16-3-2-15(19(20,21)22)12-17(16)26(29)30/h2-3,12,14H,4-11H2,1H3. The van der Waals surface area contributed by atoms with Crippen LogP contribution in [0.5, 0.6) is 0 Å². The molecule has 1 aromatic rings. The topological polar surface area (TPSA) is 87.0 Å². The summed E-state index contributed by atoms with van der Waals surface area (Å²) in [6, 6.07) is 2.53. The number of halogens is 3. The lowest BCUT2D eigenvalue weighted by atomic mass is 9.94. The van der Waals surface area contributed by atoms with E-state index in [1.165, 1.54) is 6.92 Å². The van der Waals surface area contributed by atoms with Crippen molar-refractivity contribution in [2.45, 2.75) is 25.9 Å². The Morgan fingerprint density at radius 1 is 1.03 bits per heavy atom. The second-order valence-electron chi connectivity index (χ2n) is 7.55. The van der Waals surface area contributed by atoms with E-state index in [9.17, 15) is 32.9 Å². The number of alkyl halides is 3. The zero-order chi connectivity index (χ0) is 22.1. The molecule has 2 aliphatic heterocycles. The van der Waals surface area contributed by atoms with Gasteiger partial charge in [0.15, 0.2) is 0 Å². The van der Waals surface area contributed by atoms with Crippen molar-refractivity contribution in [1.29, 1.82) is 0 Å². The van der Waals surface area contributed by atoms with E-state index in [1.807, 2.05) is 0 Å². The molecular formula is C19H23F3N4O4. The van der Waals surface area contributed by atoms with Crippen LogP contribution in [0.1, 0.15) is 25.3 Å². The molecule has 0 aromatic heterocycles. The van der Waals surface area contributed by atoms with Crippen LogP contribution in [0.15, 0.2) is 18.2 Å². The first-order chi connectivity index (χ1) is 14.1. The maximum absolute atomic E-state index is 12.9. The molecule has 2 aliphatic rings. The van der Waals surface area contributed by atoms with Gasteiger partial charge in [0.05, 0.1) is 10.5 Å². The molecular weight excluding hydrogens is 405 g/mol. The maximum Gasteiger partial charge on any atom is 0.416 e. The number of hydrogen-bond acceptors (Lipinski definition) is 5. The molecule has 2 fully saturated rings. The highest BCUT2D eigenvalue weighted by Crippen LogP contribution is 2.37. The maximum atomic E-state index is 12.9. The average Bonchev–Trinajstić information content (AvgIpc) is 2.72. The molecule has 2 saturated heterocycles. The monoisotopic (exact) mass is 428 g/mol. The Morgan fingerprint density at radius 3 is 2.10 bits per heavy atom. The number of carbonyl (C=O) groups excluding carboxylic acids is 2. The van der Waals surface area contributed by atoms with E-state index in [1.54, 1.807) is 14.7 Å². The summed E-state index contributed by atoms with van der Waals surface area (Å²) >= 11 is 0. The fraction of sp³-hybridized carbons (Fsp3) is 0.579. The second-order valence-corrected chi connectivity index (χ2v) is 7.55. The van der Waals surface area contributed by atoms with Gasteiger partial charge in [-0.3, -0.25) is 19.7 Å². The van der Waals surface area contributed by atoms with E-state index < -0.39 is 22.4 Å².